The Bertz CT molecular complexity index is 622. The molecule has 0 bridgehead atoms. The Balaban J connectivity index is 2.04. The summed E-state index contributed by atoms with van der Waals surface area (Å²) in [5.74, 6) is -1.33. The standard InChI is InChI=1S/C13H13N3O3S/c14-6-5-11-16-10(7-20-11)12(17)15-9-3-1-8(2-4-9)13(18)19/h1-4,7H,5-6,14H2,(H,15,17)(H,18,19). The summed E-state index contributed by atoms with van der Waals surface area (Å²) in [6.07, 6.45) is 0.644. The Morgan fingerprint density at radius 2 is 2.00 bits per heavy atom. The van der Waals surface area contributed by atoms with E-state index in [9.17, 15) is 9.59 Å². The number of carboxylic acid groups (broad SMARTS) is 1. The van der Waals surface area contributed by atoms with E-state index < -0.39 is 5.97 Å². The van der Waals surface area contributed by atoms with Crippen LogP contribution in [0, 0.1) is 0 Å². The first-order valence-corrected chi connectivity index (χ1v) is 6.77. The van der Waals surface area contributed by atoms with Gasteiger partial charge >= 0.3 is 5.97 Å². The summed E-state index contributed by atoms with van der Waals surface area (Å²) < 4.78 is 0. The predicted molar refractivity (Wildman–Crippen MR) is 76.2 cm³/mol. The van der Waals surface area contributed by atoms with Crippen LogP contribution in [0.3, 0.4) is 0 Å². The van der Waals surface area contributed by atoms with Crippen molar-refractivity contribution in [2.45, 2.75) is 6.42 Å². The lowest BCUT2D eigenvalue weighted by molar-refractivity contribution is 0.0696. The number of amides is 1. The highest BCUT2D eigenvalue weighted by Gasteiger charge is 2.11. The Labute approximate surface area is 119 Å². The molecule has 0 aliphatic heterocycles. The normalized spacial score (nSPS) is 10.2. The molecular formula is C13H13N3O3S. The SMILES string of the molecule is NCCc1nc(C(=O)Nc2ccc(C(=O)O)cc2)cs1. The van der Waals surface area contributed by atoms with Crippen LogP contribution >= 0.6 is 11.3 Å². The van der Waals surface area contributed by atoms with Crippen molar-refractivity contribution < 1.29 is 14.7 Å². The monoisotopic (exact) mass is 291 g/mol. The predicted octanol–water partition coefficient (Wildman–Crippen LogP) is 1.59. The van der Waals surface area contributed by atoms with E-state index in [1.807, 2.05) is 0 Å². The summed E-state index contributed by atoms with van der Waals surface area (Å²) in [6.45, 7) is 0.491. The van der Waals surface area contributed by atoms with E-state index in [2.05, 4.69) is 10.3 Å². The number of anilines is 1. The van der Waals surface area contributed by atoms with E-state index in [0.29, 0.717) is 24.3 Å². The minimum atomic E-state index is -1.01. The van der Waals surface area contributed by atoms with Crippen molar-refractivity contribution in [2.24, 2.45) is 5.73 Å². The van der Waals surface area contributed by atoms with Gasteiger partial charge in [0.05, 0.1) is 10.6 Å². The first-order valence-electron chi connectivity index (χ1n) is 5.89. The van der Waals surface area contributed by atoms with Crippen molar-refractivity contribution in [3.63, 3.8) is 0 Å². The molecule has 0 aliphatic rings. The summed E-state index contributed by atoms with van der Waals surface area (Å²) in [5, 5.41) is 13.9. The van der Waals surface area contributed by atoms with Gasteiger partial charge in [0.1, 0.15) is 5.69 Å². The molecule has 0 unspecified atom stereocenters. The van der Waals surface area contributed by atoms with E-state index in [1.165, 1.54) is 35.6 Å². The van der Waals surface area contributed by atoms with E-state index in [-0.39, 0.29) is 11.5 Å². The number of aromatic carboxylic acids is 1. The Hall–Kier alpha value is -2.25. The molecule has 0 saturated heterocycles. The molecule has 7 heteroatoms. The fourth-order valence-electron chi connectivity index (χ4n) is 1.54. The minimum absolute atomic E-state index is 0.168. The molecule has 0 aliphatic carbocycles. The number of nitrogens with one attached hydrogen (secondary N) is 1. The van der Waals surface area contributed by atoms with Crippen LogP contribution < -0.4 is 11.1 Å². The molecule has 104 valence electrons. The number of aromatic nitrogens is 1. The van der Waals surface area contributed by atoms with E-state index in [1.54, 1.807) is 5.38 Å². The molecule has 6 nitrogen and oxygen atoms in total. The van der Waals surface area contributed by atoms with E-state index >= 15 is 0 Å². The highest BCUT2D eigenvalue weighted by molar-refractivity contribution is 7.09. The zero-order valence-corrected chi connectivity index (χ0v) is 11.3. The average Bonchev–Trinajstić information content (AvgIpc) is 2.88. The van der Waals surface area contributed by atoms with Gasteiger partial charge in [0.2, 0.25) is 0 Å². The summed E-state index contributed by atoms with van der Waals surface area (Å²) >= 11 is 1.39. The molecule has 2 rings (SSSR count). The van der Waals surface area contributed by atoms with Gasteiger partial charge in [-0.1, -0.05) is 0 Å². The lowest BCUT2D eigenvalue weighted by Crippen LogP contribution is -2.13. The van der Waals surface area contributed by atoms with Crippen molar-refractivity contribution in [1.82, 2.24) is 4.98 Å². The Morgan fingerprint density at radius 3 is 2.60 bits per heavy atom. The number of carbonyl (C=O) groups is 2. The fraction of sp³-hybridized carbons (Fsp3) is 0.154. The van der Waals surface area contributed by atoms with Gasteiger partial charge in [-0.05, 0) is 30.8 Å². The highest BCUT2D eigenvalue weighted by Crippen LogP contribution is 2.14. The second-order valence-corrected chi connectivity index (χ2v) is 4.94. The molecule has 1 aromatic carbocycles. The van der Waals surface area contributed by atoms with Crippen LogP contribution in [0.4, 0.5) is 5.69 Å². The number of hydrogen-bond acceptors (Lipinski definition) is 5. The molecule has 0 radical (unpaired) electrons. The van der Waals surface area contributed by atoms with Crippen LogP contribution in [-0.2, 0) is 6.42 Å². The van der Waals surface area contributed by atoms with Gasteiger partial charge in [0.25, 0.3) is 5.91 Å². The first kappa shape index (κ1) is 14.2. The molecule has 4 N–H and O–H groups in total. The van der Waals surface area contributed by atoms with Crippen LogP contribution in [-0.4, -0.2) is 28.5 Å². The zero-order chi connectivity index (χ0) is 14.5. The topological polar surface area (TPSA) is 105 Å². The maximum atomic E-state index is 11.9. The van der Waals surface area contributed by atoms with Gasteiger partial charge in [-0.3, -0.25) is 4.79 Å². The maximum Gasteiger partial charge on any atom is 0.335 e. The number of benzene rings is 1. The van der Waals surface area contributed by atoms with Crippen molar-refractivity contribution >= 4 is 28.9 Å². The van der Waals surface area contributed by atoms with Gasteiger partial charge in [0.15, 0.2) is 0 Å². The molecule has 0 fully saturated rings. The number of nitrogens with zero attached hydrogens (tertiary/aromatic N) is 1. The lowest BCUT2D eigenvalue weighted by Gasteiger charge is -2.03. The summed E-state index contributed by atoms with van der Waals surface area (Å²) in [7, 11) is 0. The number of nitrogens with two attached hydrogens (primary N) is 1. The minimum Gasteiger partial charge on any atom is -0.478 e. The van der Waals surface area contributed by atoms with Crippen LogP contribution in [0.15, 0.2) is 29.6 Å². The zero-order valence-electron chi connectivity index (χ0n) is 10.5. The van der Waals surface area contributed by atoms with Gasteiger partial charge in [-0.2, -0.15) is 0 Å². The first-order chi connectivity index (χ1) is 9.60. The van der Waals surface area contributed by atoms with Gasteiger partial charge < -0.3 is 16.2 Å². The van der Waals surface area contributed by atoms with E-state index in [0.717, 1.165) is 5.01 Å². The number of hydrogen-bond donors (Lipinski definition) is 3. The van der Waals surface area contributed by atoms with Crippen LogP contribution in [0.25, 0.3) is 0 Å². The molecule has 1 heterocycles. The summed E-state index contributed by atoms with van der Waals surface area (Å²) in [4.78, 5) is 26.8. The number of carbonyl (C=O) groups excluding carboxylic acids is 1. The smallest absolute Gasteiger partial charge is 0.335 e. The molecule has 0 atom stereocenters. The van der Waals surface area contributed by atoms with Crippen molar-refractivity contribution in [3.8, 4) is 0 Å². The quantitative estimate of drug-likeness (QED) is 0.776. The Kier molecular flexibility index (Phi) is 4.44. The molecule has 0 spiro atoms. The second kappa shape index (κ2) is 6.27. The molecule has 1 aromatic heterocycles. The third-order valence-electron chi connectivity index (χ3n) is 2.53. The van der Waals surface area contributed by atoms with Crippen molar-refractivity contribution in [2.75, 3.05) is 11.9 Å². The largest absolute Gasteiger partial charge is 0.478 e. The Morgan fingerprint density at radius 1 is 1.30 bits per heavy atom. The van der Waals surface area contributed by atoms with Crippen LogP contribution in [0.1, 0.15) is 25.9 Å². The molecular weight excluding hydrogens is 278 g/mol. The average molecular weight is 291 g/mol. The second-order valence-electron chi connectivity index (χ2n) is 4.00. The van der Waals surface area contributed by atoms with Gasteiger partial charge in [0, 0.05) is 17.5 Å². The van der Waals surface area contributed by atoms with Gasteiger partial charge in [-0.25, -0.2) is 9.78 Å². The third-order valence-corrected chi connectivity index (χ3v) is 3.44. The molecule has 20 heavy (non-hydrogen) atoms. The summed E-state index contributed by atoms with van der Waals surface area (Å²) in [5.41, 5.74) is 6.45. The van der Waals surface area contributed by atoms with Crippen molar-refractivity contribution in [1.29, 1.82) is 0 Å². The van der Waals surface area contributed by atoms with Crippen LogP contribution in [0.5, 0.6) is 0 Å². The van der Waals surface area contributed by atoms with Gasteiger partial charge in [-0.15, -0.1) is 11.3 Å². The molecule has 0 saturated carbocycles. The van der Waals surface area contributed by atoms with E-state index in [4.69, 9.17) is 10.8 Å². The third kappa shape index (κ3) is 3.40. The molecule has 1 amide bonds. The number of thiazole rings is 1. The van der Waals surface area contributed by atoms with Crippen molar-refractivity contribution in [3.05, 3.63) is 45.9 Å². The van der Waals surface area contributed by atoms with Crippen LogP contribution in [0.2, 0.25) is 0 Å². The fourth-order valence-corrected chi connectivity index (χ4v) is 2.34. The highest BCUT2D eigenvalue weighted by atomic mass is 32.1. The number of carboxylic acids is 1. The lowest BCUT2D eigenvalue weighted by atomic mass is 10.2. The summed E-state index contributed by atoms with van der Waals surface area (Å²) in [6, 6.07) is 5.93. The number of rotatable bonds is 5. The maximum absolute atomic E-state index is 11.9. The molecule has 2 aromatic rings.